The summed E-state index contributed by atoms with van der Waals surface area (Å²) in [5.74, 6) is -0.123. The lowest BCUT2D eigenvalue weighted by Gasteiger charge is -2.07. The summed E-state index contributed by atoms with van der Waals surface area (Å²) in [6.45, 7) is 5.79. The van der Waals surface area contributed by atoms with Gasteiger partial charge in [0.15, 0.2) is 0 Å². The van der Waals surface area contributed by atoms with Gasteiger partial charge >= 0.3 is 0 Å². The lowest BCUT2D eigenvalue weighted by Crippen LogP contribution is -2.25. The maximum Gasteiger partial charge on any atom is 0.259 e. The molecule has 25 heavy (non-hydrogen) atoms. The fourth-order valence-electron chi connectivity index (χ4n) is 2.19. The first kappa shape index (κ1) is 19.0. The lowest BCUT2D eigenvalue weighted by atomic mass is 10.1. The molecule has 0 bridgehead atoms. The summed E-state index contributed by atoms with van der Waals surface area (Å²) in [6, 6.07) is 11.3. The average Bonchev–Trinajstić information content (AvgIpc) is 2.59. The molecule has 0 aliphatic rings. The SMILES string of the molecule is C=CCc1cccc(C=NNC(=O)CNc2ccc(I)c(C)c2)c1O. The summed E-state index contributed by atoms with van der Waals surface area (Å²) in [4.78, 5) is 11.8. The van der Waals surface area contributed by atoms with Crippen LogP contribution in [0.15, 0.2) is 54.2 Å². The predicted octanol–water partition coefficient (Wildman–Crippen LogP) is 3.60. The summed E-state index contributed by atoms with van der Waals surface area (Å²) < 4.78 is 1.18. The Morgan fingerprint density at radius 2 is 2.16 bits per heavy atom. The molecule has 2 aromatic rings. The van der Waals surface area contributed by atoms with Crippen molar-refractivity contribution in [3.05, 3.63) is 69.3 Å². The molecule has 0 spiro atoms. The molecule has 3 N–H and O–H groups in total. The molecular formula is C19H20IN3O2. The molecule has 2 rings (SSSR count). The van der Waals surface area contributed by atoms with Gasteiger partial charge < -0.3 is 10.4 Å². The van der Waals surface area contributed by atoms with Crippen LogP contribution in [-0.4, -0.2) is 23.8 Å². The minimum absolute atomic E-state index is 0.111. The van der Waals surface area contributed by atoms with Crippen molar-refractivity contribution in [3.8, 4) is 5.75 Å². The van der Waals surface area contributed by atoms with Crippen molar-refractivity contribution >= 4 is 40.4 Å². The Bertz CT molecular complexity index is 803. The Morgan fingerprint density at radius 1 is 1.36 bits per heavy atom. The van der Waals surface area contributed by atoms with Crippen LogP contribution in [0.5, 0.6) is 5.75 Å². The van der Waals surface area contributed by atoms with E-state index in [0.29, 0.717) is 12.0 Å². The molecule has 0 radical (unpaired) electrons. The van der Waals surface area contributed by atoms with Crippen LogP contribution in [0.25, 0.3) is 0 Å². The Hall–Kier alpha value is -2.35. The number of aryl methyl sites for hydroxylation is 1. The number of para-hydroxylation sites is 1. The first-order chi connectivity index (χ1) is 12.0. The molecule has 1 amide bonds. The molecule has 2 aromatic carbocycles. The highest BCUT2D eigenvalue weighted by atomic mass is 127. The van der Waals surface area contributed by atoms with E-state index in [-0.39, 0.29) is 18.2 Å². The number of amides is 1. The number of phenols is 1. The van der Waals surface area contributed by atoms with Gasteiger partial charge in [-0.3, -0.25) is 4.79 Å². The van der Waals surface area contributed by atoms with Gasteiger partial charge in [0.05, 0.1) is 12.8 Å². The van der Waals surface area contributed by atoms with Crippen molar-refractivity contribution in [2.45, 2.75) is 13.3 Å². The molecule has 0 aliphatic carbocycles. The smallest absolute Gasteiger partial charge is 0.259 e. The van der Waals surface area contributed by atoms with E-state index in [1.807, 2.05) is 37.3 Å². The van der Waals surface area contributed by atoms with Crippen molar-refractivity contribution in [1.82, 2.24) is 5.43 Å². The second-order valence-corrected chi connectivity index (χ2v) is 6.62. The number of nitrogens with zero attached hydrogens (tertiary/aromatic N) is 1. The molecular weight excluding hydrogens is 429 g/mol. The summed E-state index contributed by atoms with van der Waals surface area (Å²) in [5, 5.41) is 17.1. The van der Waals surface area contributed by atoms with Gasteiger partial charge in [-0.15, -0.1) is 6.58 Å². The van der Waals surface area contributed by atoms with Gasteiger partial charge in [-0.25, -0.2) is 5.43 Å². The van der Waals surface area contributed by atoms with Crippen LogP contribution in [0.1, 0.15) is 16.7 Å². The average molecular weight is 449 g/mol. The monoisotopic (exact) mass is 449 g/mol. The maximum absolute atomic E-state index is 11.8. The van der Waals surface area contributed by atoms with Crippen LogP contribution >= 0.6 is 22.6 Å². The number of hydrogen-bond donors (Lipinski definition) is 3. The van der Waals surface area contributed by atoms with Gasteiger partial charge in [0, 0.05) is 14.8 Å². The minimum atomic E-state index is -0.269. The normalized spacial score (nSPS) is 10.6. The quantitative estimate of drug-likeness (QED) is 0.262. The second kappa shape index (κ2) is 9.22. The second-order valence-electron chi connectivity index (χ2n) is 5.46. The molecule has 0 unspecified atom stereocenters. The number of allylic oxidation sites excluding steroid dienone is 1. The van der Waals surface area contributed by atoms with Crippen LogP contribution in [0.2, 0.25) is 0 Å². The number of nitrogens with one attached hydrogen (secondary N) is 2. The summed E-state index contributed by atoms with van der Waals surface area (Å²) in [6.07, 6.45) is 3.71. The zero-order valence-corrected chi connectivity index (χ0v) is 16.1. The van der Waals surface area contributed by atoms with Gasteiger partial charge in [0.1, 0.15) is 5.75 Å². The Balaban J connectivity index is 1.89. The number of anilines is 1. The molecule has 0 saturated heterocycles. The van der Waals surface area contributed by atoms with E-state index >= 15 is 0 Å². The Morgan fingerprint density at radius 3 is 2.88 bits per heavy atom. The summed E-state index contributed by atoms with van der Waals surface area (Å²) >= 11 is 2.26. The van der Waals surface area contributed by atoms with Gasteiger partial charge in [0.25, 0.3) is 5.91 Å². The topological polar surface area (TPSA) is 73.7 Å². The molecule has 0 saturated carbocycles. The molecule has 0 aliphatic heterocycles. The van der Waals surface area contributed by atoms with Crippen LogP contribution < -0.4 is 10.7 Å². The number of halogens is 1. The standard InChI is InChI=1S/C19H20IN3O2/c1-3-5-14-6-4-7-15(19(14)25)11-22-23-18(24)12-21-16-8-9-17(20)13(2)10-16/h3-4,6-11,21,25H,1,5,12H2,2H3,(H,23,24). The van der Waals surface area contributed by atoms with E-state index in [2.05, 4.69) is 45.0 Å². The largest absolute Gasteiger partial charge is 0.507 e. The van der Waals surface area contributed by atoms with Gasteiger partial charge in [-0.05, 0) is 71.3 Å². The lowest BCUT2D eigenvalue weighted by molar-refractivity contribution is -0.119. The molecule has 130 valence electrons. The van der Waals surface area contributed by atoms with Crippen LogP contribution in [-0.2, 0) is 11.2 Å². The van der Waals surface area contributed by atoms with Gasteiger partial charge in [0.2, 0.25) is 0 Å². The predicted molar refractivity (Wildman–Crippen MR) is 110 cm³/mol. The van der Waals surface area contributed by atoms with E-state index in [9.17, 15) is 9.90 Å². The zero-order chi connectivity index (χ0) is 18.2. The number of aromatic hydroxyl groups is 1. The molecule has 0 atom stereocenters. The molecule has 0 heterocycles. The Labute approximate surface area is 161 Å². The van der Waals surface area contributed by atoms with E-state index in [4.69, 9.17) is 0 Å². The summed E-state index contributed by atoms with van der Waals surface area (Å²) in [5.41, 5.74) is 5.78. The van der Waals surface area contributed by atoms with E-state index < -0.39 is 0 Å². The highest BCUT2D eigenvalue weighted by Crippen LogP contribution is 2.21. The van der Waals surface area contributed by atoms with E-state index in [0.717, 1.165) is 16.8 Å². The van der Waals surface area contributed by atoms with Crippen molar-refractivity contribution in [2.75, 3.05) is 11.9 Å². The van der Waals surface area contributed by atoms with Crippen molar-refractivity contribution < 1.29 is 9.90 Å². The van der Waals surface area contributed by atoms with E-state index in [1.54, 1.807) is 12.1 Å². The van der Waals surface area contributed by atoms with Crippen molar-refractivity contribution in [1.29, 1.82) is 0 Å². The number of hydrogen-bond acceptors (Lipinski definition) is 4. The van der Waals surface area contributed by atoms with Gasteiger partial charge in [-0.1, -0.05) is 18.2 Å². The highest BCUT2D eigenvalue weighted by Gasteiger charge is 2.04. The third-order valence-electron chi connectivity index (χ3n) is 3.52. The number of carbonyl (C=O) groups is 1. The highest BCUT2D eigenvalue weighted by molar-refractivity contribution is 14.1. The fourth-order valence-corrected chi connectivity index (χ4v) is 2.52. The Kier molecular flexibility index (Phi) is 7.00. The summed E-state index contributed by atoms with van der Waals surface area (Å²) in [7, 11) is 0. The van der Waals surface area contributed by atoms with E-state index in [1.165, 1.54) is 9.78 Å². The number of benzene rings is 2. The minimum Gasteiger partial charge on any atom is -0.507 e. The molecule has 5 nitrogen and oxygen atoms in total. The number of rotatable bonds is 7. The fraction of sp³-hybridized carbons (Fsp3) is 0.158. The number of hydrazone groups is 1. The number of carbonyl (C=O) groups excluding carboxylic acids is 1. The van der Waals surface area contributed by atoms with Crippen LogP contribution in [0, 0.1) is 10.5 Å². The zero-order valence-electron chi connectivity index (χ0n) is 13.9. The molecule has 6 heteroatoms. The molecule has 0 fully saturated rings. The first-order valence-electron chi connectivity index (χ1n) is 7.75. The van der Waals surface area contributed by atoms with Crippen LogP contribution in [0.3, 0.4) is 0 Å². The third-order valence-corrected chi connectivity index (χ3v) is 4.73. The van der Waals surface area contributed by atoms with Gasteiger partial charge in [-0.2, -0.15) is 5.10 Å². The third kappa shape index (κ3) is 5.60. The van der Waals surface area contributed by atoms with Crippen molar-refractivity contribution in [3.63, 3.8) is 0 Å². The van der Waals surface area contributed by atoms with Crippen molar-refractivity contribution in [2.24, 2.45) is 5.10 Å². The first-order valence-corrected chi connectivity index (χ1v) is 8.83. The maximum atomic E-state index is 11.8. The number of phenolic OH excluding ortho intramolecular Hbond substituents is 1. The van der Waals surface area contributed by atoms with Crippen LogP contribution in [0.4, 0.5) is 5.69 Å². The molecule has 0 aromatic heterocycles.